The van der Waals surface area contributed by atoms with Gasteiger partial charge in [0.2, 0.25) is 10.0 Å². The zero-order valence-corrected chi connectivity index (χ0v) is 14.1. The van der Waals surface area contributed by atoms with Crippen molar-refractivity contribution in [2.75, 3.05) is 27.4 Å². The van der Waals surface area contributed by atoms with E-state index in [-0.39, 0.29) is 12.1 Å². The molecule has 2 atom stereocenters. The second-order valence-electron chi connectivity index (χ2n) is 5.75. The molecule has 23 heavy (non-hydrogen) atoms. The highest BCUT2D eigenvalue weighted by atomic mass is 32.2. The molecule has 1 fully saturated rings. The van der Waals surface area contributed by atoms with Crippen molar-refractivity contribution in [1.82, 2.24) is 4.31 Å². The molecule has 124 valence electrons. The summed E-state index contributed by atoms with van der Waals surface area (Å²) in [7, 11) is -0.407. The van der Waals surface area contributed by atoms with Crippen molar-refractivity contribution >= 4 is 20.8 Å². The number of fused-ring (bicyclic) bond motifs is 1. The standard InChI is InChI=1S/C17H21NO4S/c1-21-12-14-10-15(22-2)11-18(14)23(19,20)17-9-5-7-13-6-3-4-8-16(13)17/h3-9,14-15H,10-12H2,1-2H3/t14-,15+/m0/s1. The normalized spacial score (nSPS) is 22.7. The van der Waals surface area contributed by atoms with E-state index in [1.54, 1.807) is 26.4 Å². The van der Waals surface area contributed by atoms with E-state index in [0.717, 1.165) is 10.8 Å². The Bertz CT molecular complexity index is 785. The Kier molecular flexibility index (Phi) is 4.68. The maximum Gasteiger partial charge on any atom is 0.244 e. The second kappa shape index (κ2) is 6.57. The number of rotatable bonds is 5. The number of hydrogen-bond acceptors (Lipinski definition) is 4. The van der Waals surface area contributed by atoms with E-state index in [4.69, 9.17) is 9.47 Å². The minimum atomic E-state index is -3.61. The molecular formula is C17H21NO4S. The molecule has 2 aromatic rings. The number of hydrogen-bond donors (Lipinski definition) is 0. The summed E-state index contributed by atoms with van der Waals surface area (Å²) in [5, 5.41) is 1.66. The van der Waals surface area contributed by atoms with E-state index in [2.05, 4.69) is 0 Å². The maximum atomic E-state index is 13.2. The van der Waals surface area contributed by atoms with Gasteiger partial charge in [0.15, 0.2) is 0 Å². The highest BCUT2D eigenvalue weighted by molar-refractivity contribution is 7.89. The van der Waals surface area contributed by atoms with Crippen LogP contribution in [0.1, 0.15) is 6.42 Å². The molecule has 0 radical (unpaired) electrons. The Morgan fingerprint density at radius 1 is 1.13 bits per heavy atom. The van der Waals surface area contributed by atoms with Crippen LogP contribution in [-0.2, 0) is 19.5 Å². The summed E-state index contributed by atoms with van der Waals surface area (Å²) in [4.78, 5) is 0.341. The quantitative estimate of drug-likeness (QED) is 0.841. The lowest BCUT2D eigenvalue weighted by Crippen LogP contribution is -2.38. The van der Waals surface area contributed by atoms with Gasteiger partial charge in [0.05, 0.1) is 23.6 Å². The van der Waals surface area contributed by atoms with Gasteiger partial charge in [0.1, 0.15) is 0 Å². The van der Waals surface area contributed by atoms with Crippen LogP contribution in [0, 0.1) is 0 Å². The average Bonchev–Trinajstić information content (AvgIpc) is 2.98. The molecule has 0 amide bonds. The van der Waals surface area contributed by atoms with Crippen LogP contribution in [0.2, 0.25) is 0 Å². The Labute approximate surface area is 136 Å². The zero-order valence-electron chi connectivity index (χ0n) is 13.3. The summed E-state index contributed by atoms with van der Waals surface area (Å²) in [5.74, 6) is 0. The van der Waals surface area contributed by atoms with Gasteiger partial charge in [-0.1, -0.05) is 36.4 Å². The summed E-state index contributed by atoms with van der Waals surface area (Å²) in [6, 6.07) is 12.7. The largest absolute Gasteiger partial charge is 0.383 e. The lowest BCUT2D eigenvalue weighted by atomic mass is 10.1. The summed E-state index contributed by atoms with van der Waals surface area (Å²) >= 11 is 0. The van der Waals surface area contributed by atoms with E-state index in [0.29, 0.717) is 24.5 Å². The fourth-order valence-corrected chi connectivity index (χ4v) is 5.07. The monoisotopic (exact) mass is 335 g/mol. The molecule has 0 saturated carbocycles. The third kappa shape index (κ3) is 2.99. The molecule has 6 heteroatoms. The van der Waals surface area contributed by atoms with Gasteiger partial charge in [-0.3, -0.25) is 0 Å². The first-order valence-corrected chi connectivity index (χ1v) is 9.03. The number of nitrogens with zero attached hydrogens (tertiary/aromatic N) is 1. The Hall–Kier alpha value is -1.47. The van der Waals surface area contributed by atoms with Crippen LogP contribution in [0.3, 0.4) is 0 Å². The molecule has 0 unspecified atom stereocenters. The van der Waals surface area contributed by atoms with Crippen LogP contribution in [0.4, 0.5) is 0 Å². The minimum Gasteiger partial charge on any atom is -0.383 e. The van der Waals surface area contributed by atoms with Crippen LogP contribution in [-0.4, -0.2) is 52.2 Å². The molecule has 2 aromatic carbocycles. The Morgan fingerprint density at radius 3 is 2.61 bits per heavy atom. The Balaban J connectivity index is 2.06. The number of benzene rings is 2. The molecule has 1 heterocycles. The van der Waals surface area contributed by atoms with Gasteiger partial charge in [-0.05, 0) is 17.9 Å². The van der Waals surface area contributed by atoms with Gasteiger partial charge in [0, 0.05) is 26.2 Å². The first-order chi connectivity index (χ1) is 11.1. The van der Waals surface area contributed by atoms with E-state index in [1.165, 1.54) is 4.31 Å². The van der Waals surface area contributed by atoms with Gasteiger partial charge in [-0.2, -0.15) is 4.31 Å². The molecule has 1 saturated heterocycles. The minimum absolute atomic E-state index is 0.0973. The average molecular weight is 335 g/mol. The molecule has 0 aromatic heterocycles. The molecule has 0 spiro atoms. The molecule has 5 nitrogen and oxygen atoms in total. The molecule has 0 aliphatic carbocycles. The molecule has 0 N–H and O–H groups in total. The topological polar surface area (TPSA) is 55.8 Å². The smallest absolute Gasteiger partial charge is 0.244 e. The lowest BCUT2D eigenvalue weighted by Gasteiger charge is -2.23. The van der Waals surface area contributed by atoms with Crippen molar-refractivity contribution in [2.45, 2.75) is 23.5 Å². The van der Waals surface area contributed by atoms with Gasteiger partial charge in [-0.15, -0.1) is 0 Å². The number of sulfonamides is 1. The SMILES string of the molecule is COC[C@@H]1C[C@@H](OC)CN1S(=O)(=O)c1cccc2ccccc12. The summed E-state index contributed by atoms with van der Waals surface area (Å²) < 4.78 is 38.5. The summed E-state index contributed by atoms with van der Waals surface area (Å²) in [5.41, 5.74) is 0. The third-order valence-corrected chi connectivity index (χ3v) is 6.33. The number of ether oxygens (including phenoxy) is 2. The van der Waals surface area contributed by atoms with Gasteiger partial charge in [-0.25, -0.2) is 8.42 Å². The summed E-state index contributed by atoms with van der Waals surface area (Å²) in [6.07, 6.45) is 0.550. The predicted octanol–water partition coefficient (Wildman–Crippen LogP) is 2.26. The summed E-state index contributed by atoms with van der Waals surface area (Å²) in [6.45, 7) is 0.722. The zero-order chi connectivity index (χ0) is 16.4. The van der Waals surface area contributed by atoms with E-state index < -0.39 is 10.0 Å². The van der Waals surface area contributed by atoms with Crippen LogP contribution < -0.4 is 0 Å². The molecule has 1 aliphatic rings. The predicted molar refractivity (Wildman–Crippen MR) is 88.9 cm³/mol. The van der Waals surface area contributed by atoms with E-state index >= 15 is 0 Å². The molecule has 1 aliphatic heterocycles. The fraction of sp³-hybridized carbons (Fsp3) is 0.412. The van der Waals surface area contributed by atoms with Crippen molar-refractivity contribution in [2.24, 2.45) is 0 Å². The highest BCUT2D eigenvalue weighted by Crippen LogP contribution is 2.31. The van der Waals surface area contributed by atoms with Crippen LogP contribution in [0.5, 0.6) is 0 Å². The lowest BCUT2D eigenvalue weighted by molar-refractivity contribution is 0.110. The van der Waals surface area contributed by atoms with Crippen molar-refractivity contribution in [3.8, 4) is 0 Å². The van der Waals surface area contributed by atoms with Crippen molar-refractivity contribution in [3.05, 3.63) is 42.5 Å². The maximum absolute atomic E-state index is 13.2. The molecule has 3 rings (SSSR count). The van der Waals surface area contributed by atoms with Crippen molar-refractivity contribution in [1.29, 1.82) is 0 Å². The number of methoxy groups -OCH3 is 2. The van der Waals surface area contributed by atoms with Gasteiger partial charge >= 0.3 is 0 Å². The molecule has 0 bridgehead atoms. The second-order valence-corrected chi connectivity index (χ2v) is 7.61. The van der Waals surface area contributed by atoms with Crippen LogP contribution >= 0.6 is 0 Å². The highest BCUT2D eigenvalue weighted by Gasteiger charge is 2.40. The van der Waals surface area contributed by atoms with Crippen molar-refractivity contribution < 1.29 is 17.9 Å². The third-order valence-electron chi connectivity index (χ3n) is 4.35. The van der Waals surface area contributed by atoms with Crippen LogP contribution in [0.15, 0.2) is 47.4 Å². The van der Waals surface area contributed by atoms with Crippen molar-refractivity contribution in [3.63, 3.8) is 0 Å². The first kappa shape index (κ1) is 16.4. The van der Waals surface area contributed by atoms with E-state index in [1.807, 2.05) is 30.3 Å². The Morgan fingerprint density at radius 2 is 1.87 bits per heavy atom. The molecular weight excluding hydrogens is 314 g/mol. The fourth-order valence-electron chi connectivity index (χ4n) is 3.20. The van der Waals surface area contributed by atoms with Gasteiger partial charge < -0.3 is 9.47 Å². The first-order valence-electron chi connectivity index (χ1n) is 7.59. The van der Waals surface area contributed by atoms with Crippen LogP contribution in [0.25, 0.3) is 10.8 Å². The van der Waals surface area contributed by atoms with Gasteiger partial charge in [0.25, 0.3) is 0 Å². The van der Waals surface area contributed by atoms with E-state index in [9.17, 15) is 8.42 Å².